The Kier molecular flexibility index (Phi) is 5.77. The highest BCUT2D eigenvalue weighted by Crippen LogP contribution is 2.25. The summed E-state index contributed by atoms with van der Waals surface area (Å²) in [7, 11) is 0. The molecule has 1 aromatic carbocycles. The van der Waals surface area contributed by atoms with Crippen LogP contribution in [0.3, 0.4) is 0 Å². The van der Waals surface area contributed by atoms with Gasteiger partial charge in [-0.1, -0.05) is 12.1 Å². The largest absolute Gasteiger partial charge is 0.405 e. The van der Waals surface area contributed by atoms with Gasteiger partial charge in [-0.3, -0.25) is 9.20 Å². The first-order chi connectivity index (χ1) is 14.2. The lowest BCUT2D eigenvalue weighted by Crippen LogP contribution is -2.36. The quantitative estimate of drug-likeness (QED) is 0.553. The van der Waals surface area contributed by atoms with Crippen LogP contribution in [0, 0.1) is 0 Å². The zero-order valence-corrected chi connectivity index (χ0v) is 15.8. The van der Waals surface area contributed by atoms with Crippen molar-refractivity contribution in [3.8, 4) is 11.3 Å². The minimum atomic E-state index is -4.49. The number of urea groups is 1. The number of ketones is 1. The van der Waals surface area contributed by atoms with Crippen molar-refractivity contribution in [1.82, 2.24) is 14.7 Å². The summed E-state index contributed by atoms with van der Waals surface area (Å²) < 4.78 is 38.4. The third-order valence-corrected chi connectivity index (χ3v) is 4.24. The number of nitrogens with one attached hydrogen (secondary N) is 2. The van der Waals surface area contributed by atoms with E-state index in [2.05, 4.69) is 10.3 Å². The molecule has 2 aromatic heterocycles. The molecule has 0 aliphatic carbocycles. The number of allylic oxidation sites excluding steroid dienone is 1. The smallest absolute Gasteiger partial charge is 0.404 e. The third-order valence-electron chi connectivity index (χ3n) is 4.24. The van der Waals surface area contributed by atoms with Gasteiger partial charge in [0.1, 0.15) is 12.2 Å². The average Bonchev–Trinajstić information content (AvgIpc) is 3.10. The number of aromatic nitrogens is 2. The molecule has 0 saturated heterocycles. The van der Waals surface area contributed by atoms with Gasteiger partial charge >= 0.3 is 12.2 Å². The molecule has 4 N–H and O–H groups in total. The van der Waals surface area contributed by atoms with E-state index in [4.69, 9.17) is 5.73 Å². The fourth-order valence-electron chi connectivity index (χ4n) is 2.89. The third kappa shape index (κ3) is 4.77. The first kappa shape index (κ1) is 20.9. The number of halogens is 3. The van der Waals surface area contributed by atoms with Crippen LogP contribution in [0.4, 0.5) is 23.7 Å². The van der Waals surface area contributed by atoms with Crippen LogP contribution in [0.1, 0.15) is 12.5 Å². The second kappa shape index (κ2) is 8.27. The summed E-state index contributed by atoms with van der Waals surface area (Å²) >= 11 is 0. The second-order valence-corrected chi connectivity index (χ2v) is 6.43. The molecular formula is C20H18F3N5O2. The summed E-state index contributed by atoms with van der Waals surface area (Å²) in [5.74, 6) is -0.170. The number of hydrogen-bond acceptors (Lipinski definition) is 4. The Balaban J connectivity index is 1.85. The van der Waals surface area contributed by atoms with Crippen LogP contribution in [0.25, 0.3) is 22.5 Å². The van der Waals surface area contributed by atoms with Gasteiger partial charge in [-0.2, -0.15) is 13.2 Å². The SMILES string of the molecule is CC(=O)C(=CN)c1ccn2c(-c3cccc(NC(=O)NCC(F)(F)F)c3)cnc2c1. The van der Waals surface area contributed by atoms with E-state index in [1.54, 1.807) is 58.5 Å². The van der Waals surface area contributed by atoms with E-state index >= 15 is 0 Å². The second-order valence-electron chi connectivity index (χ2n) is 6.43. The summed E-state index contributed by atoms with van der Waals surface area (Å²) in [6.07, 6.45) is 0.101. The fourth-order valence-corrected chi connectivity index (χ4v) is 2.89. The molecule has 0 spiro atoms. The molecule has 0 aliphatic heterocycles. The van der Waals surface area contributed by atoms with E-state index in [0.29, 0.717) is 33.7 Å². The van der Waals surface area contributed by atoms with Crippen LogP contribution in [-0.2, 0) is 4.79 Å². The number of carbonyl (C=O) groups is 2. The highest BCUT2D eigenvalue weighted by molar-refractivity contribution is 6.19. The van der Waals surface area contributed by atoms with E-state index in [1.807, 2.05) is 0 Å². The van der Waals surface area contributed by atoms with Crippen molar-refractivity contribution in [3.05, 3.63) is 60.6 Å². The molecule has 0 fully saturated rings. The fraction of sp³-hybridized carbons (Fsp3) is 0.150. The molecule has 156 valence electrons. The first-order valence-electron chi connectivity index (χ1n) is 8.80. The molecule has 10 heteroatoms. The van der Waals surface area contributed by atoms with Crippen molar-refractivity contribution in [3.63, 3.8) is 0 Å². The minimum absolute atomic E-state index is 0.170. The predicted molar refractivity (Wildman–Crippen MR) is 107 cm³/mol. The summed E-state index contributed by atoms with van der Waals surface area (Å²) in [6.45, 7) is -0.00312. The Hall–Kier alpha value is -3.82. The topological polar surface area (TPSA) is 102 Å². The molecule has 0 bridgehead atoms. The maximum absolute atomic E-state index is 12.2. The summed E-state index contributed by atoms with van der Waals surface area (Å²) in [4.78, 5) is 27.7. The van der Waals surface area contributed by atoms with Crippen molar-refractivity contribution in [1.29, 1.82) is 0 Å². The predicted octanol–water partition coefficient (Wildman–Crippen LogP) is 3.57. The van der Waals surface area contributed by atoms with E-state index < -0.39 is 18.8 Å². The van der Waals surface area contributed by atoms with Gasteiger partial charge in [-0.15, -0.1) is 0 Å². The van der Waals surface area contributed by atoms with Crippen molar-refractivity contribution in [2.45, 2.75) is 13.1 Å². The van der Waals surface area contributed by atoms with Gasteiger partial charge in [-0.25, -0.2) is 9.78 Å². The van der Waals surface area contributed by atoms with Gasteiger partial charge in [0.05, 0.1) is 11.9 Å². The van der Waals surface area contributed by atoms with Gasteiger partial charge in [0.25, 0.3) is 0 Å². The highest BCUT2D eigenvalue weighted by atomic mass is 19.4. The molecule has 7 nitrogen and oxygen atoms in total. The number of pyridine rings is 1. The maximum Gasteiger partial charge on any atom is 0.405 e. The first-order valence-corrected chi connectivity index (χ1v) is 8.80. The number of anilines is 1. The summed E-state index contributed by atoms with van der Waals surface area (Å²) in [5.41, 5.74) is 8.81. The van der Waals surface area contributed by atoms with Crippen LogP contribution in [0.15, 0.2) is 55.0 Å². The number of hydrogen-bond donors (Lipinski definition) is 3. The number of nitrogens with zero attached hydrogens (tertiary/aromatic N) is 2. The molecule has 30 heavy (non-hydrogen) atoms. The number of imidazole rings is 1. The van der Waals surface area contributed by atoms with Gasteiger partial charge in [0, 0.05) is 29.2 Å². The van der Waals surface area contributed by atoms with E-state index in [9.17, 15) is 22.8 Å². The van der Waals surface area contributed by atoms with Gasteiger partial charge in [0.15, 0.2) is 5.78 Å². The molecule has 3 aromatic rings. The molecule has 0 radical (unpaired) electrons. The highest BCUT2D eigenvalue weighted by Gasteiger charge is 2.27. The van der Waals surface area contributed by atoms with Crippen molar-refractivity contribution in [2.24, 2.45) is 5.73 Å². The van der Waals surface area contributed by atoms with Crippen LogP contribution < -0.4 is 16.4 Å². The Bertz CT molecular complexity index is 1130. The van der Waals surface area contributed by atoms with Crippen molar-refractivity contribution >= 4 is 28.7 Å². The van der Waals surface area contributed by atoms with Crippen molar-refractivity contribution in [2.75, 3.05) is 11.9 Å². The molecule has 0 unspecified atom stereocenters. The maximum atomic E-state index is 12.2. The van der Waals surface area contributed by atoms with Gasteiger partial charge in [0.2, 0.25) is 0 Å². The van der Waals surface area contributed by atoms with Crippen LogP contribution in [0.2, 0.25) is 0 Å². The molecule has 0 atom stereocenters. The Morgan fingerprint density at radius 3 is 2.67 bits per heavy atom. The van der Waals surface area contributed by atoms with Crippen LogP contribution in [0.5, 0.6) is 0 Å². The van der Waals surface area contributed by atoms with Gasteiger partial charge < -0.3 is 16.4 Å². The Labute approximate surface area is 169 Å². The van der Waals surface area contributed by atoms with Crippen molar-refractivity contribution < 1.29 is 22.8 Å². The number of benzene rings is 1. The molecular weight excluding hydrogens is 399 g/mol. The van der Waals surface area contributed by atoms with Gasteiger partial charge in [-0.05, 0) is 36.8 Å². The monoisotopic (exact) mass is 417 g/mol. The number of alkyl halides is 3. The lowest BCUT2D eigenvalue weighted by atomic mass is 10.1. The molecule has 2 amide bonds. The van der Waals surface area contributed by atoms with E-state index in [1.165, 1.54) is 13.1 Å². The van der Waals surface area contributed by atoms with E-state index in [-0.39, 0.29) is 5.78 Å². The zero-order valence-electron chi connectivity index (χ0n) is 15.8. The summed E-state index contributed by atoms with van der Waals surface area (Å²) in [6, 6.07) is 9.10. The molecule has 0 aliphatic rings. The summed E-state index contributed by atoms with van der Waals surface area (Å²) in [5, 5.41) is 4.12. The lowest BCUT2D eigenvalue weighted by Gasteiger charge is -2.11. The van der Waals surface area contributed by atoms with Crippen LogP contribution >= 0.6 is 0 Å². The minimum Gasteiger partial charge on any atom is -0.404 e. The van der Waals surface area contributed by atoms with E-state index in [0.717, 1.165) is 0 Å². The number of nitrogens with two attached hydrogens (primary N) is 1. The number of fused-ring (bicyclic) bond motifs is 1. The molecule has 2 heterocycles. The lowest BCUT2D eigenvalue weighted by molar-refractivity contribution is -0.122. The zero-order chi connectivity index (χ0) is 21.9. The Morgan fingerprint density at radius 2 is 2.00 bits per heavy atom. The number of Topliss-reactive ketones (excluding diaryl/α,β-unsaturated/α-hetero) is 1. The average molecular weight is 417 g/mol. The standard InChI is InChI=1S/C20H18F3N5O2/c1-12(29)16(9-24)13-5-6-28-17(10-25-18(28)8-13)14-3-2-4-15(7-14)27-19(30)26-11-20(21,22)23/h2-10H,11,24H2,1H3,(H2,26,27,30). The molecule has 0 saturated carbocycles. The normalized spacial score (nSPS) is 12.1. The Morgan fingerprint density at radius 1 is 1.23 bits per heavy atom. The number of amides is 2. The number of rotatable bonds is 5. The molecule has 3 rings (SSSR count). The number of carbonyl (C=O) groups excluding carboxylic acids is 2. The van der Waals surface area contributed by atoms with Crippen LogP contribution in [-0.4, -0.2) is 33.9 Å².